The lowest BCUT2D eigenvalue weighted by atomic mass is 9.76. The summed E-state index contributed by atoms with van der Waals surface area (Å²) in [6, 6.07) is 9.10. The number of benzene rings is 2. The van der Waals surface area contributed by atoms with Gasteiger partial charge in [-0.1, -0.05) is 31.2 Å². The maximum atomic E-state index is 12.7. The predicted molar refractivity (Wildman–Crippen MR) is 343 cm³/mol. The summed E-state index contributed by atoms with van der Waals surface area (Å²) in [6.07, 6.45) is 10.5. The van der Waals surface area contributed by atoms with Gasteiger partial charge in [-0.3, -0.25) is 9.35 Å². The Labute approximate surface area is 542 Å². The van der Waals surface area contributed by atoms with Gasteiger partial charge in [0.25, 0.3) is 10.1 Å². The molecular formula is C61H96IN2O24S2-. The Bertz CT molecular complexity index is 2680. The van der Waals surface area contributed by atoms with Crippen molar-refractivity contribution in [1.29, 1.82) is 0 Å². The van der Waals surface area contributed by atoms with Crippen molar-refractivity contribution >= 4 is 62.1 Å². The van der Waals surface area contributed by atoms with Crippen molar-refractivity contribution in [3.63, 3.8) is 0 Å². The average Bonchev–Trinajstić information content (AvgIpc) is 1.38. The lowest BCUT2D eigenvalue weighted by Crippen LogP contribution is -2.38. The van der Waals surface area contributed by atoms with Crippen LogP contribution >= 0.6 is 21.0 Å². The van der Waals surface area contributed by atoms with Crippen LogP contribution in [-0.4, -0.2) is 267 Å². The first-order chi connectivity index (χ1) is 43.5. The monoisotopic (exact) mass is 1430 g/mol. The Kier molecular flexibility index (Phi) is 40.2. The minimum Gasteiger partial charge on any atom is -0.744 e. The molecule has 2 aliphatic rings. The van der Waals surface area contributed by atoms with E-state index in [4.69, 9.17) is 80.9 Å². The van der Waals surface area contributed by atoms with E-state index >= 15 is 0 Å². The number of fused-ring (bicyclic) bond motifs is 2. The van der Waals surface area contributed by atoms with Gasteiger partial charge in [0.1, 0.15) is 10.1 Å². The number of ether oxygens (including phenoxy) is 16. The number of carboxylic acids is 1. The number of nitrogens with zero attached hydrogens (tertiary/aromatic N) is 2. The molecule has 0 aliphatic carbocycles. The molecule has 2 atom stereocenters. The van der Waals surface area contributed by atoms with E-state index in [1.165, 1.54) is 24.3 Å². The molecular weight excluding hydrogens is 1340 g/mol. The molecule has 0 spiro atoms. The second-order valence-corrected chi connectivity index (χ2v) is 26.1. The summed E-state index contributed by atoms with van der Waals surface area (Å²) in [5.41, 5.74) is 2.01. The fourth-order valence-corrected chi connectivity index (χ4v) is 13.4. The summed E-state index contributed by atoms with van der Waals surface area (Å²) in [5.74, 6) is -0.929. The first-order valence-electron chi connectivity index (χ1n) is 30.1. The van der Waals surface area contributed by atoms with Crippen molar-refractivity contribution in [3.05, 3.63) is 83.6 Å². The van der Waals surface area contributed by atoms with Crippen molar-refractivity contribution in [3.8, 4) is 0 Å². The summed E-state index contributed by atoms with van der Waals surface area (Å²) in [5, 5.41) is 8.76. The molecule has 0 amide bonds. The van der Waals surface area contributed by atoms with Crippen LogP contribution in [0, 0.1) is 0 Å². The Balaban J connectivity index is 1.62. The van der Waals surface area contributed by atoms with E-state index in [1.54, 1.807) is 33.5 Å². The SMILES string of the molecule is COCCOCCOCCOCCN1I=C(/C=C/C=C/C=C2/N(CCOCCOCCOCCOCCC(=O)O)c3ccc(S(=O)(=O)O)cc3C2(C)CCOCCOCCOCCOC)C(C)(CCOCCOCCOCCOC)c2cc(S(=O)(=O)[O-])ccc21. The highest BCUT2D eigenvalue weighted by Gasteiger charge is 2.44. The number of carboxylic acid groups (broad SMARTS) is 1. The second-order valence-electron chi connectivity index (χ2n) is 20.5. The van der Waals surface area contributed by atoms with Gasteiger partial charge in [0.15, 0.2) is 0 Å². The first kappa shape index (κ1) is 79.0. The van der Waals surface area contributed by atoms with Gasteiger partial charge in [-0.15, -0.1) is 0 Å². The van der Waals surface area contributed by atoms with Gasteiger partial charge < -0.3 is 93.5 Å². The average molecular weight is 1430 g/mol. The van der Waals surface area contributed by atoms with Crippen LogP contribution in [0.25, 0.3) is 0 Å². The van der Waals surface area contributed by atoms with Crippen molar-refractivity contribution in [2.75, 3.05) is 234 Å². The summed E-state index contributed by atoms with van der Waals surface area (Å²) in [6.45, 7) is 15.2. The molecule has 29 heteroatoms. The lowest BCUT2D eigenvalue weighted by Gasteiger charge is -2.40. The van der Waals surface area contributed by atoms with Crippen LogP contribution in [-0.2, 0) is 112 Å². The zero-order valence-corrected chi connectivity index (χ0v) is 56.6. The van der Waals surface area contributed by atoms with Gasteiger partial charge in [-0.25, -0.2) is 8.42 Å². The zero-order valence-electron chi connectivity index (χ0n) is 52.9. The molecule has 0 fully saturated rings. The fraction of sp³-hybridized carbons (Fsp3) is 0.672. The van der Waals surface area contributed by atoms with Crippen LogP contribution in [0.4, 0.5) is 11.4 Å². The Morgan fingerprint density at radius 1 is 0.489 bits per heavy atom. The molecule has 4 rings (SSSR count). The lowest BCUT2D eigenvalue weighted by molar-refractivity contribution is -0.138. The summed E-state index contributed by atoms with van der Waals surface area (Å²) in [7, 11) is -4.61. The molecule has 0 saturated carbocycles. The zero-order chi connectivity index (χ0) is 65.2. The molecule has 0 radical (unpaired) electrons. The highest BCUT2D eigenvalue weighted by molar-refractivity contribution is 14.2. The number of hydrogen-bond acceptors (Lipinski definition) is 24. The maximum Gasteiger partial charge on any atom is 0.305 e. The molecule has 0 bridgehead atoms. The minimum atomic E-state index is -4.84. The molecule has 2 N–H and O–H groups in total. The third kappa shape index (κ3) is 29.9. The van der Waals surface area contributed by atoms with Gasteiger partial charge in [0.05, 0.1) is 201 Å². The fourth-order valence-electron chi connectivity index (χ4n) is 9.20. The van der Waals surface area contributed by atoms with E-state index in [-0.39, 0.29) is 55.9 Å². The van der Waals surface area contributed by atoms with Crippen LogP contribution in [0.2, 0.25) is 0 Å². The van der Waals surface area contributed by atoms with Crippen LogP contribution < -0.4 is 8.01 Å². The summed E-state index contributed by atoms with van der Waals surface area (Å²) in [4.78, 5) is 12.2. The Morgan fingerprint density at radius 3 is 1.31 bits per heavy atom. The largest absolute Gasteiger partial charge is 0.744 e. The number of hydrogen-bond donors (Lipinski definition) is 2. The quantitative estimate of drug-likeness (QED) is 0.0284. The number of halogens is 1. The molecule has 2 aromatic carbocycles. The van der Waals surface area contributed by atoms with E-state index in [0.717, 1.165) is 20.6 Å². The molecule has 90 heavy (non-hydrogen) atoms. The molecule has 0 aromatic heterocycles. The number of methoxy groups -OCH3 is 3. The molecule has 514 valence electrons. The van der Waals surface area contributed by atoms with E-state index < -0.39 is 58.0 Å². The number of carbonyl (C=O) groups is 1. The molecule has 0 saturated heterocycles. The normalized spacial score (nSPS) is 17.5. The van der Waals surface area contributed by atoms with Crippen LogP contribution in [0.15, 0.2) is 82.3 Å². The van der Waals surface area contributed by atoms with Crippen LogP contribution in [0.3, 0.4) is 0 Å². The van der Waals surface area contributed by atoms with Gasteiger partial charge >= 0.3 is 5.97 Å². The van der Waals surface area contributed by atoms with E-state index in [0.29, 0.717) is 189 Å². The van der Waals surface area contributed by atoms with Gasteiger partial charge in [0, 0.05) is 93.5 Å². The Morgan fingerprint density at radius 2 is 0.867 bits per heavy atom. The molecule has 2 aliphatic heterocycles. The van der Waals surface area contributed by atoms with Gasteiger partial charge in [-0.2, -0.15) is 8.42 Å². The van der Waals surface area contributed by atoms with Crippen molar-refractivity contribution in [2.45, 2.75) is 53.7 Å². The minimum absolute atomic E-state index is 0.0767. The number of anilines is 2. The first-order valence-corrected chi connectivity index (χ1v) is 34.9. The van der Waals surface area contributed by atoms with Crippen molar-refractivity contribution in [2.24, 2.45) is 0 Å². The smallest absolute Gasteiger partial charge is 0.305 e. The van der Waals surface area contributed by atoms with Crippen LogP contribution in [0.5, 0.6) is 0 Å². The highest BCUT2D eigenvalue weighted by Crippen LogP contribution is 2.51. The Hall–Kier alpha value is -3.49. The summed E-state index contributed by atoms with van der Waals surface area (Å²) >= 11 is -0.970. The highest BCUT2D eigenvalue weighted by atomic mass is 127. The standard InChI is InChI=1S/C61H97IN2O24S2/c1-60(16-21-77-32-37-85-44-41-81-28-25-73-3)54-50-52(90(70,71)72)12-14-56(54)64(19-24-80-35-40-88-46-43-83-30-27-75-5)62-57(60)9-7-6-8-10-58-61(2,17-22-78-33-38-86-45-42-82-29-26-74-4)53-49-51(89(67,68)69)11-13-55(53)63(58)18-23-79-34-39-87-48-47-84-36-31-76-20-15-59(65)66/h6-14,49-50H,15-48H2,1-5H3,(H,65,66)(H,67,68,69)(H,70,71,72)/p-1/b8-6+,9-7+,58-10+. The van der Waals surface area contributed by atoms with Gasteiger partial charge in [-0.05, 0) is 73.4 Å². The van der Waals surface area contributed by atoms with Crippen molar-refractivity contribution < 1.29 is 112 Å². The van der Waals surface area contributed by atoms with E-state index in [9.17, 15) is 30.7 Å². The number of allylic oxidation sites excluding steroid dienone is 6. The van der Waals surface area contributed by atoms with E-state index in [1.807, 2.05) is 44.2 Å². The molecule has 2 unspecified atom stereocenters. The third-order valence-corrected chi connectivity index (χ3v) is 19.4. The number of aliphatic carboxylic acids is 1. The van der Waals surface area contributed by atoms with Gasteiger partial charge in [0.2, 0.25) is 0 Å². The maximum absolute atomic E-state index is 12.7. The van der Waals surface area contributed by atoms with Crippen LogP contribution in [0.1, 0.15) is 44.2 Å². The topological polar surface area (TPSA) is 303 Å². The third-order valence-electron chi connectivity index (χ3n) is 14.0. The molecule has 2 aromatic rings. The second kappa shape index (κ2) is 45.8. The number of rotatable bonds is 56. The predicted octanol–water partition coefficient (Wildman–Crippen LogP) is 5.16. The van der Waals surface area contributed by atoms with E-state index in [2.05, 4.69) is 8.01 Å². The summed E-state index contributed by atoms with van der Waals surface area (Å²) < 4.78 is 166. The van der Waals surface area contributed by atoms with Crippen molar-refractivity contribution in [1.82, 2.24) is 0 Å². The molecule has 2 heterocycles. The molecule has 26 nitrogen and oxygen atoms in total.